The average Bonchev–Trinajstić information content (AvgIpc) is 2.51. The fourth-order valence-electron chi connectivity index (χ4n) is 1.88. The number of amides is 1. The van der Waals surface area contributed by atoms with E-state index in [0.29, 0.717) is 25.0 Å². The number of carbonyl (C=O) groups is 1. The monoisotopic (exact) mass is 432 g/mol. The molecule has 0 saturated carbocycles. The van der Waals surface area contributed by atoms with Crippen molar-refractivity contribution in [3.63, 3.8) is 0 Å². The number of benzene rings is 1. The fourth-order valence-corrected chi connectivity index (χ4v) is 1.88. The molecule has 130 valence electrons. The predicted octanol–water partition coefficient (Wildman–Crippen LogP) is 3.32. The van der Waals surface area contributed by atoms with E-state index in [-0.39, 0.29) is 35.8 Å². The number of hydrogen-bond donors (Lipinski definition) is 3. The number of nitrogens with two attached hydrogens (primary N) is 1. The molecular formula is C17H29IN4O. The summed E-state index contributed by atoms with van der Waals surface area (Å²) in [7, 11) is 0. The molecule has 23 heavy (non-hydrogen) atoms. The van der Waals surface area contributed by atoms with Gasteiger partial charge in [-0.05, 0) is 30.0 Å². The molecule has 1 unspecified atom stereocenters. The van der Waals surface area contributed by atoms with E-state index in [9.17, 15) is 4.79 Å². The number of aliphatic imine (C=N–C) groups is 1. The van der Waals surface area contributed by atoms with Gasteiger partial charge in [-0.25, -0.2) is 0 Å². The summed E-state index contributed by atoms with van der Waals surface area (Å²) in [4.78, 5) is 15.6. The van der Waals surface area contributed by atoms with Gasteiger partial charge in [-0.15, -0.1) is 24.0 Å². The second-order valence-electron chi connectivity index (χ2n) is 5.77. The molecular weight excluding hydrogens is 403 g/mol. The molecule has 0 aliphatic rings. The molecule has 0 aromatic heterocycles. The van der Waals surface area contributed by atoms with Gasteiger partial charge in [-0.3, -0.25) is 9.79 Å². The Labute approximate surface area is 156 Å². The minimum atomic E-state index is -0.0107. The quantitative estimate of drug-likeness (QED) is 0.268. The van der Waals surface area contributed by atoms with Crippen molar-refractivity contribution in [2.75, 3.05) is 18.4 Å². The Balaban J connectivity index is 0.00000484. The predicted molar refractivity (Wildman–Crippen MR) is 109 cm³/mol. The SMILES string of the molecule is CCC(C)c1ccc(NC(N)=NCCNC(=O)C(C)C)cc1.I. The highest BCUT2D eigenvalue weighted by Crippen LogP contribution is 2.20. The maximum Gasteiger partial charge on any atom is 0.222 e. The van der Waals surface area contributed by atoms with E-state index in [1.165, 1.54) is 5.56 Å². The third-order valence-corrected chi connectivity index (χ3v) is 3.58. The van der Waals surface area contributed by atoms with Crippen LogP contribution in [0.15, 0.2) is 29.3 Å². The van der Waals surface area contributed by atoms with Crippen LogP contribution < -0.4 is 16.4 Å². The summed E-state index contributed by atoms with van der Waals surface area (Å²) in [5, 5.41) is 5.85. The van der Waals surface area contributed by atoms with Gasteiger partial charge in [0.15, 0.2) is 5.96 Å². The van der Waals surface area contributed by atoms with Gasteiger partial charge in [0.2, 0.25) is 5.91 Å². The van der Waals surface area contributed by atoms with Crippen LogP contribution in [0.5, 0.6) is 0 Å². The van der Waals surface area contributed by atoms with Crippen LogP contribution in [0.2, 0.25) is 0 Å². The van der Waals surface area contributed by atoms with Gasteiger partial charge >= 0.3 is 0 Å². The molecule has 1 aromatic carbocycles. The molecule has 1 aromatic rings. The number of carbonyl (C=O) groups excluding carboxylic acids is 1. The fraction of sp³-hybridized carbons (Fsp3) is 0.529. The second kappa shape index (κ2) is 11.3. The number of rotatable bonds is 7. The summed E-state index contributed by atoms with van der Waals surface area (Å²) in [6.45, 7) is 9.06. The van der Waals surface area contributed by atoms with Gasteiger partial charge in [0.25, 0.3) is 0 Å². The van der Waals surface area contributed by atoms with Gasteiger partial charge < -0.3 is 16.4 Å². The van der Waals surface area contributed by atoms with Gasteiger partial charge in [-0.1, -0.05) is 39.8 Å². The number of halogens is 1. The molecule has 4 N–H and O–H groups in total. The normalized spacial score (nSPS) is 12.5. The summed E-state index contributed by atoms with van der Waals surface area (Å²) >= 11 is 0. The van der Waals surface area contributed by atoms with Crippen molar-refractivity contribution in [2.24, 2.45) is 16.6 Å². The Morgan fingerprint density at radius 2 is 1.83 bits per heavy atom. The zero-order valence-corrected chi connectivity index (χ0v) is 16.8. The first-order valence-electron chi connectivity index (χ1n) is 7.88. The smallest absolute Gasteiger partial charge is 0.222 e. The summed E-state index contributed by atoms with van der Waals surface area (Å²) < 4.78 is 0. The van der Waals surface area contributed by atoms with Crippen molar-refractivity contribution in [1.82, 2.24) is 5.32 Å². The van der Waals surface area contributed by atoms with Crippen molar-refractivity contribution in [2.45, 2.75) is 40.0 Å². The zero-order valence-electron chi connectivity index (χ0n) is 14.4. The summed E-state index contributed by atoms with van der Waals surface area (Å²) in [6, 6.07) is 8.22. The molecule has 6 heteroatoms. The van der Waals surface area contributed by atoms with E-state index < -0.39 is 0 Å². The van der Waals surface area contributed by atoms with Crippen molar-refractivity contribution < 1.29 is 4.79 Å². The highest BCUT2D eigenvalue weighted by atomic mass is 127. The van der Waals surface area contributed by atoms with Crippen LogP contribution in [-0.2, 0) is 4.79 Å². The van der Waals surface area contributed by atoms with Gasteiger partial charge in [0.1, 0.15) is 0 Å². The summed E-state index contributed by atoms with van der Waals surface area (Å²) in [5.74, 6) is 0.936. The lowest BCUT2D eigenvalue weighted by molar-refractivity contribution is -0.123. The minimum absolute atomic E-state index is 0. The lowest BCUT2D eigenvalue weighted by atomic mass is 9.99. The topological polar surface area (TPSA) is 79.5 Å². The lowest BCUT2D eigenvalue weighted by Crippen LogP contribution is -2.31. The number of hydrogen-bond acceptors (Lipinski definition) is 2. The van der Waals surface area contributed by atoms with E-state index >= 15 is 0 Å². The van der Waals surface area contributed by atoms with E-state index in [1.807, 2.05) is 26.0 Å². The van der Waals surface area contributed by atoms with Gasteiger partial charge in [-0.2, -0.15) is 0 Å². The Kier molecular flexibility index (Phi) is 10.6. The first-order chi connectivity index (χ1) is 10.4. The molecule has 0 fully saturated rings. The molecule has 1 amide bonds. The maximum atomic E-state index is 11.4. The van der Waals surface area contributed by atoms with Crippen LogP contribution in [0.1, 0.15) is 45.6 Å². The number of guanidine groups is 1. The molecule has 0 bridgehead atoms. The molecule has 0 radical (unpaired) electrons. The number of anilines is 1. The minimum Gasteiger partial charge on any atom is -0.370 e. The highest BCUT2D eigenvalue weighted by molar-refractivity contribution is 14.0. The van der Waals surface area contributed by atoms with Gasteiger partial charge in [0.05, 0.1) is 6.54 Å². The number of nitrogens with zero attached hydrogens (tertiary/aromatic N) is 1. The van der Waals surface area contributed by atoms with Crippen molar-refractivity contribution in [3.05, 3.63) is 29.8 Å². The van der Waals surface area contributed by atoms with Crippen LogP contribution in [-0.4, -0.2) is 25.0 Å². The maximum absolute atomic E-state index is 11.4. The van der Waals surface area contributed by atoms with Gasteiger partial charge in [0, 0.05) is 18.2 Å². The molecule has 1 atom stereocenters. The first-order valence-corrected chi connectivity index (χ1v) is 7.88. The molecule has 0 aliphatic heterocycles. The van der Waals surface area contributed by atoms with Crippen molar-refractivity contribution in [1.29, 1.82) is 0 Å². The van der Waals surface area contributed by atoms with Crippen LogP contribution in [0.4, 0.5) is 5.69 Å². The Morgan fingerprint density at radius 1 is 1.22 bits per heavy atom. The van der Waals surface area contributed by atoms with E-state index in [1.54, 1.807) is 0 Å². The van der Waals surface area contributed by atoms with Crippen molar-refractivity contribution in [3.8, 4) is 0 Å². The Hall–Kier alpha value is -1.31. The molecule has 0 aliphatic carbocycles. The lowest BCUT2D eigenvalue weighted by Gasteiger charge is -2.11. The van der Waals surface area contributed by atoms with E-state index in [0.717, 1.165) is 12.1 Å². The Morgan fingerprint density at radius 3 is 2.35 bits per heavy atom. The largest absolute Gasteiger partial charge is 0.370 e. The third kappa shape index (κ3) is 8.20. The van der Waals surface area contributed by atoms with Crippen LogP contribution in [0.3, 0.4) is 0 Å². The number of nitrogens with one attached hydrogen (secondary N) is 2. The second-order valence-corrected chi connectivity index (χ2v) is 5.77. The van der Waals surface area contributed by atoms with E-state index in [2.05, 4.69) is 41.6 Å². The third-order valence-electron chi connectivity index (χ3n) is 3.58. The molecule has 0 spiro atoms. The zero-order chi connectivity index (χ0) is 16.5. The standard InChI is InChI=1S/C17H28N4O.HI/c1-5-13(4)14-6-8-15(9-7-14)21-17(18)20-11-10-19-16(22)12(2)3;/h6-9,12-13H,5,10-11H2,1-4H3,(H,19,22)(H3,18,20,21);1H. The summed E-state index contributed by atoms with van der Waals surface area (Å²) in [6.07, 6.45) is 1.12. The van der Waals surface area contributed by atoms with Crippen LogP contribution >= 0.6 is 24.0 Å². The highest BCUT2D eigenvalue weighted by Gasteiger charge is 2.05. The van der Waals surface area contributed by atoms with E-state index in [4.69, 9.17) is 5.73 Å². The Bertz CT molecular complexity index is 500. The summed E-state index contributed by atoms with van der Waals surface area (Å²) in [5.41, 5.74) is 8.07. The first kappa shape index (κ1) is 21.7. The van der Waals surface area contributed by atoms with Crippen molar-refractivity contribution >= 4 is 41.5 Å². The molecule has 1 rings (SSSR count). The molecule has 0 saturated heterocycles. The van der Waals surface area contributed by atoms with Crippen LogP contribution in [0.25, 0.3) is 0 Å². The molecule has 0 heterocycles. The van der Waals surface area contributed by atoms with Crippen LogP contribution in [0, 0.1) is 5.92 Å². The molecule has 5 nitrogen and oxygen atoms in total. The average molecular weight is 432 g/mol.